The molecule has 0 saturated heterocycles. The fourth-order valence-electron chi connectivity index (χ4n) is 2.77. The molecule has 2 aromatic heterocycles. The number of Topliss-reactive ketones (excluding diaryl/α,β-unsaturated/α-hetero) is 1. The SMILES string of the molecule is Cc1ccc(-c2nnc(SCC(=O)c3ccc(Cl)cc3)c3nc(C)sc23)cc1. The third kappa shape index (κ3) is 3.94. The predicted molar refractivity (Wildman–Crippen MR) is 117 cm³/mol. The number of aryl methyl sites for hydroxylation is 2. The van der Waals surface area contributed by atoms with Gasteiger partial charge in [-0.05, 0) is 38.1 Å². The molecule has 28 heavy (non-hydrogen) atoms. The number of carbonyl (C=O) groups excluding carboxylic acids is 1. The first-order valence-electron chi connectivity index (χ1n) is 8.63. The Kier molecular flexibility index (Phi) is 5.44. The summed E-state index contributed by atoms with van der Waals surface area (Å²) in [6.45, 7) is 4.02. The number of thiazole rings is 1. The van der Waals surface area contributed by atoms with Crippen molar-refractivity contribution < 1.29 is 4.79 Å². The highest BCUT2D eigenvalue weighted by molar-refractivity contribution is 8.00. The number of benzene rings is 2. The van der Waals surface area contributed by atoms with Crippen LogP contribution in [0.25, 0.3) is 21.5 Å². The van der Waals surface area contributed by atoms with E-state index in [2.05, 4.69) is 34.2 Å². The van der Waals surface area contributed by atoms with Gasteiger partial charge >= 0.3 is 0 Å². The molecule has 0 spiro atoms. The Morgan fingerprint density at radius 1 is 1.04 bits per heavy atom. The summed E-state index contributed by atoms with van der Waals surface area (Å²) in [7, 11) is 0. The fraction of sp³-hybridized carbons (Fsp3) is 0.143. The molecule has 0 amide bonds. The summed E-state index contributed by atoms with van der Waals surface area (Å²) in [4.78, 5) is 17.1. The van der Waals surface area contributed by atoms with E-state index in [4.69, 9.17) is 11.6 Å². The van der Waals surface area contributed by atoms with Gasteiger partial charge in [0.2, 0.25) is 0 Å². The van der Waals surface area contributed by atoms with Crippen molar-refractivity contribution in [2.75, 3.05) is 5.75 Å². The molecule has 0 bridgehead atoms. The third-order valence-corrected chi connectivity index (χ3v) is 6.41. The summed E-state index contributed by atoms with van der Waals surface area (Å²) in [5.41, 5.74) is 4.48. The summed E-state index contributed by atoms with van der Waals surface area (Å²) < 4.78 is 0.998. The van der Waals surface area contributed by atoms with E-state index in [0.717, 1.165) is 26.5 Å². The highest BCUT2D eigenvalue weighted by Gasteiger charge is 2.17. The molecular weight excluding hydrogens is 410 g/mol. The first kappa shape index (κ1) is 19.1. The van der Waals surface area contributed by atoms with E-state index < -0.39 is 0 Å². The lowest BCUT2D eigenvalue weighted by Gasteiger charge is -2.05. The van der Waals surface area contributed by atoms with Crippen LogP contribution in [0.15, 0.2) is 53.6 Å². The smallest absolute Gasteiger partial charge is 0.173 e. The van der Waals surface area contributed by atoms with Gasteiger partial charge in [0, 0.05) is 16.1 Å². The van der Waals surface area contributed by atoms with Gasteiger partial charge in [0.25, 0.3) is 0 Å². The monoisotopic (exact) mass is 425 g/mol. The summed E-state index contributed by atoms with van der Waals surface area (Å²) in [6, 6.07) is 15.1. The molecule has 2 aromatic carbocycles. The molecule has 0 fully saturated rings. The van der Waals surface area contributed by atoms with E-state index in [0.29, 0.717) is 15.6 Å². The van der Waals surface area contributed by atoms with Gasteiger partial charge in [0.05, 0.1) is 15.5 Å². The Morgan fingerprint density at radius 3 is 2.46 bits per heavy atom. The lowest BCUT2D eigenvalue weighted by Crippen LogP contribution is -2.03. The maximum Gasteiger partial charge on any atom is 0.173 e. The first-order valence-corrected chi connectivity index (χ1v) is 10.8. The molecule has 0 aliphatic carbocycles. The number of fused-ring (bicyclic) bond motifs is 1. The summed E-state index contributed by atoms with van der Waals surface area (Å²) >= 11 is 8.85. The number of hydrogen-bond donors (Lipinski definition) is 0. The van der Waals surface area contributed by atoms with Crippen LogP contribution in [-0.4, -0.2) is 26.7 Å². The van der Waals surface area contributed by atoms with Crippen LogP contribution < -0.4 is 0 Å². The lowest BCUT2D eigenvalue weighted by molar-refractivity contribution is 0.102. The average Bonchev–Trinajstić information content (AvgIpc) is 3.09. The van der Waals surface area contributed by atoms with Crippen LogP contribution in [0.1, 0.15) is 20.9 Å². The predicted octanol–water partition coefficient (Wildman–Crippen LogP) is 6.00. The fourth-order valence-corrected chi connectivity index (χ4v) is 4.71. The quantitative estimate of drug-likeness (QED) is 0.290. The van der Waals surface area contributed by atoms with Crippen LogP contribution in [0.4, 0.5) is 0 Å². The molecule has 4 rings (SSSR count). The Bertz CT molecular complexity index is 1150. The van der Waals surface area contributed by atoms with Crippen molar-refractivity contribution in [2.24, 2.45) is 0 Å². The van der Waals surface area contributed by atoms with Crippen LogP contribution >= 0.6 is 34.7 Å². The van der Waals surface area contributed by atoms with E-state index in [1.165, 1.54) is 17.3 Å². The second-order valence-electron chi connectivity index (χ2n) is 6.35. The summed E-state index contributed by atoms with van der Waals surface area (Å²) in [5.74, 6) is 0.289. The summed E-state index contributed by atoms with van der Waals surface area (Å²) in [5, 5.41) is 11.1. The van der Waals surface area contributed by atoms with Crippen LogP contribution in [0.3, 0.4) is 0 Å². The number of hydrogen-bond acceptors (Lipinski definition) is 6. The Morgan fingerprint density at radius 2 is 1.75 bits per heavy atom. The Labute approximate surface area is 176 Å². The van der Waals surface area contributed by atoms with Crippen molar-refractivity contribution >= 4 is 50.7 Å². The number of ketones is 1. The third-order valence-electron chi connectivity index (χ3n) is 4.22. The topological polar surface area (TPSA) is 55.7 Å². The van der Waals surface area contributed by atoms with Gasteiger partial charge in [-0.1, -0.05) is 53.2 Å². The van der Waals surface area contributed by atoms with Gasteiger partial charge in [0.15, 0.2) is 5.78 Å². The zero-order valence-corrected chi connectivity index (χ0v) is 17.7. The summed E-state index contributed by atoms with van der Waals surface area (Å²) in [6.07, 6.45) is 0. The number of carbonyl (C=O) groups is 1. The van der Waals surface area contributed by atoms with E-state index in [9.17, 15) is 4.79 Å². The molecular formula is C21H16ClN3OS2. The molecule has 0 unspecified atom stereocenters. The minimum atomic E-state index is 0.0196. The first-order chi connectivity index (χ1) is 13.5. The highest BCUT2D eigenvalue weighted by Crippen LogP contribution is 2.35. The molecule has 0 atom stereocenters. The number of aromatic nitrogens is 3. The second kappa shape index (κ2) is 7.99. The molecule has 0 N–H and O–H groups in total. The minimum Gasteiger partial charge on any atom is -0.293 e. The molecule has 2 heterocycles. The van der Waals surface area contributed by atoms with Gasteiger partial charge in [-0.25, -0.2) is 4.98 Å². The number of rotatable bonds is 5. The standard InChI is InChI=1S/C21H16ClN3OS2/c1-12-3-5-15(6-4-12)18-20-19(23-13(2)28-20)21(25-24-18)27-11-17(26)14-7-9-16(22)10-8-14/h3-10H,11H2,1-2H3. The highest BCUT2D eigenvalue weighted by atomic mass is 35.5. The van der Waals surface area contributed by atoms with Crippen molar-refractivity contribution in [3.8, 4) is 11.3 Å². The Balaban J connectivity index is 1.63. The van der Waals surface area contributed by atoms with Crippen molar-refractivity contribution in [1.82, 2.24) is 15.2 Å². The van der Waals surface area contributed by atoms with E-state index in [-0.39, 0.29) is 11.5 Å². The van der Waals surface area contributed by atoms with Gasteiger partial charge in [0.1, 0.15) is 16.2 Å². The van der Waals surface area contributed by atoms with Gasteiger partial charge in [-0.15, -0.1) is 21.5 Å². The minimum absolute atomic E-state index is 0.0196. The van der Waals surface area contributed by atoms with Crippen LogP contribution in [0, 0.1) is 13.8 Å². The van der Waals surface area contributed by atoms with Crippen molar-refractivity contribution in [2.45, 2.75) is 18.9 Å². The van der Waals surface area contributed by atoms with Gasteiger partial charge in [-0.3, -0.25) is 4.79 Å². The zero-order valence-electron chi connectivity index (χ0n) is 15.3. The van der Waals surface area contributed by atoms with Crippen molar-refractivity contribution in [3.63, 3.8) is 0 Å². The molecule has 0 aliphatic rings. The second-order valence-corrected chi connectivity index (χ2v) is 8.95. The van der Waals surface area contributed by atoms with Crippen LogP contribution in [0.2, 0.25) is 5.02 Å². The largest absolute Gasteiger partial charge is 0.293 e. The van der Waals surface area contributed by atoms with E-state index in [1.54, 1.807) is 35.6 Å². The van der Waals surface area contributed by atoms with Crippen LogP contribution in [0.5, 0.6) is 0 Å². The van der Waals surface area contributed by atoms with Gasteiger partial charge in [-0.2, -0.15) is 0 Å². The number of nitrogens with zero attached hydrogens (tertiary/aromatic N) is 3. The van der Waals surface area contributed by atoms with Gasteiger partial charge < -0.3 is 0 Å². The van der Waals surface area contributed by atoms with E-state index in [1.807, 2.05) is 19.1 Å². The average molecular weight is 426 g/mol. The molecule has 140 valence electrons. The number of halogens is 1. The maximum absolute atomic E-state index is 12.5. The molecule has 0 saturated carbocycles. The Hall–Kier alpha value is -2.28. The maximum atomic E-state index is 12.5. The lowest BCUT2D eigenvalue weighted by atomic mass is 10.1. The molecule has 0 aliphatic heterocycles. The van der Waals surface area contributed by atoms with Crippen LogP contribution in [-0.2, 0) is 0 Å². The van der Waals surface area contributed by atoms with Crippen molar-refractivity contribution in [3.05, 3.63) is 69.7 Å². The normalized spacial score (nSPS) is 11.1. The zero-order chi connectivity index (χ0) is 19.7. The molecule has 0 radical (unpaired) electrons. The van der Waals surface area contributed by atoms with E-state index >= 15 is 0 Å². The number of thioether (sulfide) groups is 1. The molecule has 4 nitrogen and oxygen atoms in total. The molecule has 4 aromatic rings. The molecule has 7 heteroatoms. The van der Waals surface area contributed by atoms with Crippen molar-refractivity contribution in [1.29, 1.82) is 0 Å².